The van der Waals surface area contributed by atoms with E-state index >= 15 is 0 Å². The van der Waals surface area contributed by atoms with Gasteiger partial charge < -0.3 is 0 Å². The van der Waals surface area contributed by atoms with Crippen LogP contribution in [0.2, 0.25) is 0 Å². The Bertz CT molecular complexity index is 204. The highest BCUT2D eigenvalue weighted by Gasteiger charge is 2.44. The lowest BCUT2D eigenvalue weighted by Gasteiger charge is -2.42. The van der Waals surface area contributed by atoms with Gasteiger partial charge in [0.15, 0.2) is 0 Å². The predicted molar refractivity (Wildman–Crippen MR) is 61.4 cm³/mol. The van der Waals surface area contributed by atoms with Crippen molar-refractivity contribution in [1.82, 2.24) is 4.90 Å². The van der Waals surface area contributed by atoms with Crippen LogP contribution in [0.5, 0.6) is 0 Å². The molecule has 0 radical (unpaired) electrons. The summed E-state index contributed by atoms with van der Waals surface area (Å²) in [6, 6.07) is 1.71. The van der Waals surface area contributed by atoms with E-state index in [1.54, 1.807) is 0 Å². The summed E-state index contributed by atoms with van der Waals surface area (Å²) in [6.07, 6.45) is 7.32. The first-order valence-electron chi connectivity index (χ1n) is 6.28. The van der Waals surface area contributed by atoms with E-state index in [1.807, 2.05) is 0 Å². The molecule has 0 aromatic heterocycles. The van der Waals surface area contributed by atoms with E-state index in [0.29, 0.717) is 5.54 Å². The third kappa shape index (κ3) is 1.71. The lowest BCUT2D eigenvalue weighted by atomic mass is 9.84. The van der Waals surface area contributed by atoms with Gasteiger partial charge in [-0.25, -0.2) is 0 Å². The fourth-order valence-electron chi connectivity index (χ4n) is 3.87. The quantitative estimate of drug-likeness (QED) is 0.572. The first kappa shape index (κ1) is 10.5. The molecule has 1 nitrogen and oxygen atoms in total. The molecule has 0 bridgehead atoms. The van der Waals surface area contributed by atoms with Crippen LogP contribution in [0.25, 0.3) is 0 Å². The van der Waals surface area contributed by atoms with Gasteiger partial charge in [-0.15, -0.1) is 0 Å². The number of rotatable bonds is 0. The Balaban J connectivity index is 2.15. The number of hydrogen-bond acceptors (Lipinski definition) is 1. The third-order valence-corrected chi connectivity index (χ3v) is 4.12. The van der Waals surface area contributed by atoms with Crippen molar-refractivity contribution in [1.29, 1.82) is 0 Å². The minimum Gasteiger partial charge on any atom is -0.293 e. The van der Waals surface area contributed by atoms with Crippen LogP contribution in [0.3, 0.4) is 0 Å². The average molecular weight is 195 g/mol. The van der Waals surface area contributed by atoms with Gasteiger partial charge >= 0.3 is 0 Å². The molecule has 0 unspecified atom stereocenters. The normalized spacial score (nSPS) is 39.9. The molecule has 14 heavy (non-hydrogen) atoms. The van der Waals surface area contributed by atoms with Gasteiger partial charge in [0.25, 0.3) is 0 Å². The van der Waals surface area contributed by atoms with Gasteiger partial charge in [0.1, 0.15) is 0 Å². The highest BCUT2D eigenvalue weighted by Crippen LogP contribution is 2.42. The zero-order valence-corrected chi connectivity index (χ0v) is 10.2. The minimum atomic E-state index is 0.371. The van der Waals surface area contributed by atoms with E-state index in [9.17, 15) is 0 Å². The zero-order valence-electron chi connectivity index (χ0n) is 10.2. The first-order valence-corrected chi connectivity index (χ1v) is 6.28. The van der Waals surface area contributed by atoms with Gasteiger partial charge in [-0.05, 0) is 52.9 Å². The van der Waals surface area contributed by atoms with E-state index in [2.05, 4.69) is 32.6 Å². The van der Waals surface area contributed by atoms with Gasteiger partial charge in [-0.2, -0.15) is 0 Å². The summed E-state index contributed by atoms with van der Waals surface area (Å²) < 4.78 is 0. The number of nitrogens with zero attached hydrogens (tertiary/aromatic N) is 1. The summed E-state index contributed by atoms with van der Waals surface area (Å²) in [6.45, 7) is 9.55. The molecule has 1 heteroatoms. The Labute approximate surface area is 88.9 Å². The van der Waals surface area contributed by atoms with Crippen LogP contribution in [0, 0.1) is 5.92 Å². The topological polar surface area (TPSA) is 3.24 Å². The van der Waals surface area contributed by atoms with Crippen molar-refractivity contribution in [2.75, 3.05) is 0 Å². The monoisotopic (exact) mass is 195 g/mol. The lowest BCUT2D eigenvalue weighted by Crippen LogP contribution is -2.49. The Hall–Kier alpha value is -0.0400. The molecule has 1 saturated carbocycles. The fourth-order valence-corrected chi connectivity index (χ4v) is 3.87. The van der Waals surface area contributed by atoms with Crippen LogP contribution in [-0.4, -0.2) is 22.5 Å². The second-order valence-corrected chi connectivity index (χ2v) is 6.27. The zero-order chi connectivity index (χ0) is 10.3. The van der Waals surface area contributed by atoms with Gasteiger partial charge in [0, 0.05) is 17.6 Å². The van der Waals surface area contributed by atoms with Crippen molar-refractivity contribution in [3.05, 3.63) is 0 Å². The van der Waals surface area contributed by atoms with Crippen LogP contribution in [0.4, 0.5) is 0 Å². The summed E-state index contributed by atoms with van der Waals surface area (Å²) in [7, 11) is 0. The number of fused-ring (bicyclic) bond motifs is 1. The summed E-state index contributed by atoms with van der Waals surface area (Å²) in [5.41, 5.74) is 0.371. The molecule has 2 fully saturated rings. The molecule has 2 rings (SSSR count). The molecule has 0 aromatic rings. The Kier molecular flexibility index (Phi) is 2.63. The summed E-state index contributed by atoms with van der Waals surface area (Å²) in [5, 5.41) is 0. The Morgan fingerprint density at radius 1 is 1.07 bits per heavy atom. The standard InChI is InChI=1S/C13H25N/c1-10-9-11-7-5-6-8-12(11)14(10)13(2,3)4/h10-12H,5-9H2,1-4H3/t10-,11-,12-/m1/s1. The molecule has 1 heterocycles. The van der Waals surface area contributed by atoms with E-state index in [-0.39, 0.29) is 0 Å². The van der Waals surface area contributed by atoms with Crippen LogP contribution < -0.4 is 0 Å². The molecule has 1 aliphatic heterocycles. The summed E-state index contributed by atoms with van der Waals surface area (Å²) in [4.78, 5) is 2.79. The second-order valence-electron chi connectivity index (χ2n) is 6.27. The highest BCUT2D eigenvalue weighted by molar-refractivity contribution is 4.98. The molecule has 2 aliphatic rings. The van der Waals surface area contributed by atoms with Crippen LogP contribution in [0.1, 0.15) is 59.8 Å². The van der Waals surface area contributed by atoms with Gasteiger partial charge in [-0.1, -0.05) is 12.8 Å². The molecule has 3 atom stereocenters. The maximum atomic E-state index is 2.79. The van der Waals surface area contributed by atoms with Crippen molar-refractivity contribution >= 4 is 0 Å². The highest BCUT2D eigenvalue weighted by atomic mass is 15.3. The smallest absolute Gasteiger partial charge is 0.0132 e. The number of hydrogen-bond donors (Lipinski definition) is 0. The van der Waals surface area contributed by atoms with Gasteiger partial charge in [0.05, 0.1) is 0 Å². The maximum Gasteiger partial charge on any atom is 0.0132 e. The molecule has 0 aromatic carbocycles. The van der Waals surface area contributed by atoms with Crippen LogP contribution in [0.15, 0.2) is 0 Å². The van der Waals surface area contributed by atoms with E-state index in [0.717, 1.165) is 18.0 Å². The third-order valence-electron chi connectivity index (χ3n) is 4.12. The molecular weight excluding hydrogens is 170 g/mol. The molecule has 82 valence electrons. The molecule has 1 aliphatic carbocycles. The van der Waals surface area contributed by atoms with Crippen molar-refractivity contribution < 1.29 is 0 Å². The van der Waals surface area contributed by atoms with Crippen LogP contribution >= 0.6 is 0 Å². The van der Waals surface area contributed by atoms with Crippen molar-refractivity contribution in [2.24, 2.45) is 5.92 Å². The molecule has 0 N–H and O–H groups in total. The van der Waals surface area contributed by atoms with Gasteiger partial charge in [0.2, 0.25) is 0 Å². The Morgan fingerprint density at radius 2 is 1.71 bits per heavy atom. The predicted octanol–water partition coefficient (Wildman–Crippen LogP) is 3.44. The SMILES string of the molecule is C[C@@H]1C[C@H]2CCCC[C@H]2N1C(C)(C)C. The van der Waals surface area contributed by atoms with E-state index < -0.39 is 0 Å². The van der Waals surface area contributed by atoms with Crippen molar-refractivity contribution in [2.45, 2.75) is 77.4 Å². The first-order chi connectivity index (χ1) is 6.50. The molecule has 0 spiro atoms. The van der Waals surface area contributed by atoms with Crippen molar-refractivity contribution in [3.8, 4) is 0 Å². The molecular formula is C13H25N. The van der Waals surface area contributed by atoms with Crippen molar-refractivity contribution in [3.63, 3.8) is 0 Å². The average Bonchev–Trinajstić information content (AvgIpc) is 2.38. The Morgan fingerprint density at radius 3 is 2.36 bits per heavy atom. The largest absolute Gasteiger partial charge is 0.293 e. The van der Waals surface area contributed by atoms with E-state index in [4.69, 9.17) is 0 Å². The van der Waals surface area contributed by atoms with E-state index in [1.165, 1.54) is 32.1 Å². The lowest BCUT2D eigenvalue weighted by molar-refractivity contribution is 0.0600. The minimum absolute atomic E-state index is 0.371. The number of likely N-dealkylation sites (tertiary alicyclic amines) is 1. The molecule has 0 amide bonds. The summed E-state index contributed by atoms with van der Waals surface area (Å²) >= 11 is 0. The summed E-state index contributed by atoms with van der Waals surface area (Å²) in [5.74, 6) is 1.01. The molecule has 1 saturated heterocycles. The van der Waals surface area contributed by atoms with Gasteiger partial charge in [-0.3, -0.25) is 4.90 Å². The van der Waals surface area contributed by atoms with Crippen LogP contribution in [-0.2, 0) is 0 Å². The second kappa shape index (κ2) is 3.52. The fraction of sp³-hybridized carbons (Fsp3) is 1.00. The maximum absolute atomic E-state index is 2.79.